The van der Waals surface area contributed by atoms with E-state index in [9.17, 15) is 4.79 Å². The molecule has 0 aromatic carbocycles. The van der Waals surface area contributed by atoms with Gasteiger partial charge in [-0.05, 0) is 58.5 Å². The number of nitrogens with one attached hydrogen (secondary N) is 2. The second-order valence-corrected chi connectivity index (χ2v) is 6.86. The van der Waals surface area contributed by atoms with E-state index >= 15 is 0 Å². The van der Waals surface area contributed by atoms with Crippen molar-refractivity contribution >= 4 is 5.97 Å². The summed E-state index contributed by atoms with van der Waals surface area (Å²) in [5.41, 5.74) is -0.772. The van der Waals surface area contributed by atoms with Crippen LogP contribution in [0.3, 0.4) is 0 Å². The van der Waals surface area contributed by atoms with Crippen molar-refractivity contribution in [3.05, 3.63) is 0 Å². The third-order valence-electron chi connectivity index (χ3n) is 3.92. The van der Waals surface area contributed by atoms with E-state index in [1.165, 1.54) is 0 Å². The van der Waals surface area contributed by atoms with Crippen molar-refractivity contribution in [2.24, 2.45) is 11.8 Å². The molecule has 1 aliphatic heterocycles. The van der Waals surface area contributed by atoms with Gasteiger partial charge in [0.15, 0.2) is 0 Å². The van der Waals surface area contributed by atoms with Crippen LogP contribution in [-0.2, 0) is 9.53 Å². The second-order valence-electron chi connectivity index (χ2n) is 6.86. The lowest BCUT2D eigenvalue weighted by atomic mass is 9.98. The first-order valence-electron chi connectivity index (χ1n) is 7.02. The number of rotatable bonds is 4. The van der Waals surface area contributed by atoms with Crippen LogP contribution in [0, 0.1) is 11.8 Å². The van der Waals surface area contributed by atoms with E-state index in [-0.39, 0.29) is 11.5 Å². The molecule has 2 atom stereocenters. The van der Waals surface area contributed by atoms with Crippen LogP contribution >= 0.6 is 0 Å². The van der Waals surface area contributed by atoms with Gasteiger partial charge in [-0.15, -0.1) is 0 Å². The number of hydrogen-bond donors (Lipinski definition) is 2. The minimum absolute atomic E-state index is 0.0754. The van der Waals surface area contributed by atoms with E-state index in [1.807, 2.05) is 20.8 Å². The lowest BCUT2D eigenvalue weighted by Crippen LogP contribution is -2.46. The summed E-state index contributed by atoms with van der Waals surface area (Å²) in [5.74, 6) is 1.24. The highest BCUT2D eigenvalue weighted by molar-refractivity contribution is 5.84. The van der Waals surface area contributed by atoms with Crippen molar-refractivity contribution < 1.29 is 9.53 Å². The summed E-state index contributed by atoms with van der Waals surface area (Å²) < 4.78 is 5.49. The van der Waals surface area contributed by atoms with E-state index < -0.39 is 5.60 Å². The van der Waals surface area contributed by atoms with Gasteiger partial charge in [0.2, 0.25) is 0 Å². The van der Waals surface area contributed by atoms with Crippen molar-refractivity contribution in [1.82, 2.24) is 10.6 Å². The monoisotopic (exact) mass is 254 g/mol. The quantitative estimate of drug-likeness (QED) is 0.743. The van der Waals surface area contributed by atoms with Crippen molar-refractivity contribution in [1.29, 1.82) is 0 Å². The third kappa shape index (κ3) is 3.23. The molecule has 2 fully saturated rings. The summed E-state index contributed by atoms with van der Waals surface area (Å²) in [7, 11) is 0. The minimum Gasteiger partial charge on any atom is -0.459 e. The van der Waals surface area contributed by atoms with Gasteiger partial charge >= 0.3 is 5.97 Å². The number of hydrogen-bond acceptors (Lipinski definition) is 4. The van der Waals surface area contributed by atoms with Crippen LogP contribution in [0.5, 0.6) is 0 Å². The maximum Gasteiger partial charge on any atom is 0.326 e. The first kappa shape index (κ1) is 13.8. The SMILES string of the molecule is CC1CNCC1CNC1(C(=O)OC(C)(C)C)CC1. The zero-order chi connectivity index (χ0) is 13.4. The standard InChI is InChI=1S/C14H26N2O2/c1-10-7-15-8-11(10)9-16-14(5-6-14)12(17)18-13(2,3)4/h10-11,15-16H,5-9H2,1-4H3. The summed E-state index contributed by atoms with van der Waals surface area (Å²) >= 11 is 0. The molecule has 1 heterocycles. The van der Waals surface area contributed by atoms with E-state index in [4.69, 9.17) is 4.74 Å². The van der Waals surface area contributed by atoms with Gasteiger partial charge in [-0.1, -0.05) is 6.92 Å². The van der Waals surface area contributed by atoms with Gasteiger partial charge in [0, 0.05) is 6.54 Å². The van der Waals surface area contributed by atoms with Gasteiger partial charge in [-0.25, -0.2) is 0 Å². The number of carbonyl (C=O) groups excluding carboxylic acids is 1. The summed E-state index contributed by atoms with van der Waals surface area (Å²) in [6.45, 7) is 11.1. The Hall–Kier alpha value is -0.610. The summed E-state index contributed by atoms with van der Waals surface area (Å²) in [4.78, 5) is 12.1. The zero-order valence-electron chi connectivity index (χ0n) is 12.0. The highest BCUT2D eigenvalue weighted by atomic mass is 16.6. The summed E-state index contributed by atoms with van der Waals surface area (Å²) in [5, 5.41) is 6.84. The molecule has 0 bridgehead atoms. The molecular weight excluding hydrogens is 228 g/mol. The van der Waals surface area contributed by atoms with Gasteiger partial charge < -0.3 is 15.4 Å². The molecule has 18 heavy (non-hydrogen) atoms. The minimum atomic E-state index is -0.392. The fourth-order valence-corrected chi connectivity index (χ4v) is 2.42. The molecule has 0 spiro atoms. The van der Waals surface area contributed by atoms with Crippen LogP contribution in [0.4, 0.5) is 0 Å². The van der Waals surface area contributed by atoms with Crippen molar-refractivity contribution in [2.75, 3.05) is 19.6 Å². The molecule has 1 aliphatic carbocycles. The molecule has 4 heteroatoms. The Morgan fingerprint density at radius 1 is 1.39 bits per heavy atom. The highest BCUT2D eigenvalue weighted by Crippen LogP contribution is 2.38. The third-order valence-corrected chi connectivity index (χ3v) is 3.92. The maximum atomic E-state index is 12.1. The molecule has 0 aromatic rings. The zero-order valence-corrected chi connectivity index (χ0v) is 12.0. The van der Waals surface area contributed by atoms with E-state index in [0.717, 1.165) is 32.5 Å². The van der Waals surface area contributed by atoms with Crippen LogP contribution in [0.15, 0.2) is 0 Å². The van der Waals surface area contributed by atoms with E-state index in [0.29, 0.717) is 11.8 Å². The van der Waals surface area contributed by atoms with Crippen LogP contribution in [0.25, 0.3) is 0 Å². The smallest absolute Gasteiger partial charge is 0.326 e. The molecule has 2 rings (SSSR count). The molecule has 0 aromatic heterocycles. The molecule has 0 radical (unpaired) electrons. The van der Waals surface area contributed by atoms with Gasteiger partial charge in [0.05, 0.1) is 0 Å². The molecule has 2 unspecified atom stereocenters. The Labute approximate surface area is 110 Å². The van der Waals surface area contributed by atoms with Crippen molar-refractivity contribution in [3.63, 3.8) is 0 Å². The van der Waals surface area contributed by atoms with Gasteiger partial charge in [-0.2, -0.15) is 0 Å². The number of carbonyl (C=O) groups is 1. The fraction of sp³-hybridized carbons (Fsp3) is 0.929. The normalized spacial score (nSPS) is 30.2. The maximum absolute atomic E-state index is 12.1. The van der Waals surface area contributed by atoms with Gasteiger partial charge in [0.25, 0.3) is 0 Å². The van der Waals surface area contributed by atoms with Crippen molar-refractivity contribution in [2.45, 2.75) is 51.7 Å². The second kappa shape index (κ2) is 4.82. The Morgan fingerprint density at radius 3 is 2.50 bits per heavy atom. The summed E-state index contributed by atoms with van der Waals surface area (Å²) in [6.07, 6.45) is 1.83. The van der Waals surface area contributed by atoms with Crippen LogP contribution < -0.4 is 10.6 Å². The molecule has 1 saturated heterocycles. The van der Waals surface area contributed by atoms with Gasteiger partial charge in [0.1, 0.15) is 11.1 Å². The van der Waals surface area contributed by atoms with Crippen molar-refractivity contribution in [3.8, 4) is 0 Å². The molecule has 104 valence electrons. The highest BCUT2D eigenvalue weighted by Gasteiger charge is 2.52. The Bertz CT molecular complexity index is 318. The van der Waals surface area contributed by atoms with Crippen LogP contribution in [0.1, 0.15) is 40.5 Å². The molecule has 4 nitrogen and oxygen atoms in total. The average Bonchev–Trinajstić information content (AvgIpc) is 2.92. The molecular formula is C14H26N2O2. The molecule has 2 N–H and O–H groups in total. The first-order chi connectivity index (χ1) is 8.32. The number of esters is 1. The molecule has 2 aliphatic rings. The number of ether oxygens (including phenoxy) is 1. The first-order valence-corrected chi connectivity index (χ1v) is 7.02. The topological polar surface area (TPSA) is 50.4 Å². The predicted molar refractivity (Wildman–Crippen MR) is 71.3 cm³/mol. The Balaban J connectivity index is 1.83. The molecule has 1 saturated carbocycles. The van der Waals surface area contributed by atoms with E-state index in [2.05, 4.69) is 17.6 Å². The lowest BCUT2D eigenvalue weighted by molar-refractivity contribution is -0.158. The van der Waals surface area contributed by atoms with Crippen LogP contribution in [0.2, 0.25) is 0 Å². The lowest BCUT2D eigenvalue weighted by Gasteiger charge is -2.25. The van der Waals surface area contributed by atoms with E-state index in [1.54, 1.807) is 0 Å². The predicted octanol–water partition coefficient (Wildman–Crippen LogP) is 1.31. The largest absolute Gasteiger partial charge is 0.459 e. The fourth-order valence-electron chi connectivity index (χ4n) is 2.42. The van der Waals surface area contributed by atoms with Crippen LogP contribution in [-0.4, -0.2) is 36.7 Å². The summed E-state index contributed by atoms with van der Waals surface area (Å²) in [6, 6.07) is 0. The molecule has 0 amide bonds. The Morgan fingerprint density at radius 2 is 2.06 bits per heavy atom. The van der Waals surface area contributed by atoms with Gasteiger partial charge in [-0.3, -0.25) is 4.79 Å². The Kier molecular flexibility index (Phi) is 3.70. The average molecular weight is 254 g/mol.